The molecule has 0 saturated heterocycles. The summed E-state index contributed by atoms with van der Waals surface area (Å²) in [6, 6.07) is 7.32. The van der Waals surface area contributed by atoms with E-state index in [0.717, 1.165) is 24.5 Å². The molecule has 1 rings (SSSR count). The molecule has 90 valence electrons. The van der Waals surface area contributed by atoms with Gasteiger partial charge in [0.25, 0.3) is 0 Å². The highest BCUT2D eigenvalue weighted by Crippen LogP contribution is 2.11. The lowest BCUT2D eigenvalue weighted by atomic mass is 10.3. The van der Waals surface area contributed by atoms with E-state index in [1.54, 1.807) is 6.07 Å². The Bertz CT molecular complexity index is 351. The molecule has 0 radical (unpaired) electrons. The van der Waals surface area contributed by atoms with Crippen molar-refractivity contribution in [3.05, 3.63) is 24.3 Å². The van der Waals surface area contributed by atoms with Crippen LogP contribution in [0, 0.1) is 0 Å². The smallest absolute Gasteiger partial charge is 0.0543 e. The van der Waals surface area contributed by atoms with Gasteiger partial charge in [-0.25, -0.2) is 0 Å². The van der Waals surface area contributed by atoms with Gasteiger partial charge in [0.05, 0.1) is 10.8 Å². The Morgan fingerprint density at radius 1 is 1.31 bits per heavy atom. The van der Waals surface area contributed by atoms with Crippen LogP contribution in [0.2, 0.25) is 0 Å². The SMILES string of the molecule is CCN(CC)CCS(=O)c1cccc(N)c1. The van der Waals surface area contributed by atoms with Crippen molar-refractivity contribution in [2.24, 2.45) is 0 Å². The molecule has 0 saturated carbocycles. The van der Waals surface area contributed by atoms with Crippen molar-refractivity contribution in [1.29, 1.82) is 0 Å². The van der Waals surface area contributed by atoms with Crippen molar-refractivity contribution >= 4 is 16.5 Å². The first-order valence-electron chi connectivity index (χ1n) is 5.63. The fourth-order valence-electron chi connectivity index (χ4n) is 1.53. The Morgan fingerprint density at radius 2 is 2.00 bits per heavy atom. The summed E-state index contributed by atoms with van der Waals surface area (Å²) < 4.78 is 12.0. The zero-order valence-corrected chi connectivity index (χ0v) is 10.8. The maximum absolute atomic E-state index is 12.0. The number of hydrogen-bond donors (Lipinski definition) is 1. The van der Waals surface area contributed by atoms with Gasteiger partial charge >= 0.3 is 0 Å². The van der Waals surface area contributed by atoms with Crippen LogP contribution in [0.4, 0.5) is 5.69 Å². The highest BCUT2D eigenvalue weighted by Gasteiger charge is 2.06. The molecule has 0 spiro atoms. The Kier molecular flexibility index (Phi) is 5.49. The van der Waals surface area contributed by atoms with Crippen molar-refractivity contribution in [2.45, 2.75) is 18.7 Å². The van der Waals surface area contributed by atoms with Gasteiger partial charge in [0.15, 0.2) is 0 Å². The topological polar surface area (TPSA) is 46.3 Å². The second-order valence-corrected chi connectivity index (χ2v) is 5.22. The van der Waals surface area contributed by atoms with Gasteiger partial charge in [0.1, 0.15) is 0 Å². The zero-order valence-electron chi connectivity index (χ0n) is 9.98. The summed E-state index contributed by atoms with van der Waals surface area (Å²) in [5.41, 5.74) is 6.33. The molecule has 4 heteroatoms. The number of rotatable bonds is 6. The third-order valence-corrected chi connectivity index (χ3v) is 3.94. The molecule has 1 unspecified atom stereocenters. The molecule has 2 N–H and O–H groups in total. The van der Waals surface area contributed by atoms with Crippen LogP contribution in [0.25, 0.3) is 0 Å². The van der Waals surface area contributed by atoms with Crippen molar-refractivity contribution < 1.29 is 4.21 Å². The molecule has 1 atom stereocenters. The number of anilines is 1. The van der Waals surface area contributed by atoms with Gasteiger partial charge in [-0.1, -0.05) is 19.9 Å². The van der Waals surface area contributed by atoms with Gasteiger partial charge in [-0.15, -0.1) is 0 Å². The average Bonchev–Trinajstić information content (AvgIpc) is 2.30. The van der Waals surface area contributed by atoms with E-state index in [0.29, 0.717) is 11.4 Å². The van der Waals surface area contributed by atoms with E-state index in [9.17, 15) is 4.21 Å². The van der Waals surface area contributed by atoms with Crippen LogP contribution in [0.1, 0.15) is 13.8 Å². The van der Waals surface area contributed by atoms with Gasteiger partial charge in [-0.05, 0) is 31.3 Å². The van der Waals surface area contributed by atoms with Gasteiger partial charge in [0.2, 0.25) is 0 Å². The van der Waals surface area contributed by atoms with Gasteiger partial charge in [-0.3, -0.25) is 4.21 Å². The van der Waals surface area contributed by atoms with Crippen molar-refractivity contribution in [2.75, 3.05) is 31.1 Å². The van der Waals surface area contributed by atoms with Crippen molar-refractivity contribution in [3.63, 3.8) is 0 Å². The summed E-state index contributed by atoms with van der Waals surface area (Å²) in [6.45, 7) is 7.11. The minimum absolute atomic E-state index is 0.672. The van der Waals surface area contributed by atoms with Gasteiger partial charge in [-0.2, -0.15) is 0 Å². The van der Waals surface area contributed by atoms with Gasteiger partial charge in [0, 0.05) is 22.9 Å². The zero-order chi connectivity index (χ0) is 12.0. The Hall–Kier alpha value is -0.870. The predicted octanol–water partition coefficient (Wildman–Crippen LogP) is 1.72. The average molecular weight is 240 g/mol. The van der Waals surface area contributed by atoms with Crippen LogP contribution in [-0.4, -0.2) is 34.5 Å². The highest BCUT2D eigenvalue weighted by molar-refractivity contribution is 7.85. The largest absolute Gasteiger partial charge is 0.399 e. The molecule has 0 aliphatic heterocycles. The monoisotopic (exact) mass is 240 g/mol. The van der Waals surface area contributed by atoms with E-state index < -0.39 is 10.8 Å². The van der Waals surface area contributed by atoms with E-state index in [-0.39, 0.29) is 0 Å². The number of benzene rings is 1. The van der Waals surface area contributed by atoms with Crippen molar-refractivity contribution in [1.82, 2.24) is 4.90 Å². The highest BCUT2D eigenvalue weighted by atomic mass is 32.2. The summed E-state index contributed by atoms with van der Waals surface area (Å²) in [5, 5.41) is 0. The second-order valence-electron chi connectivity index (χ2n) is 3.65. The normalized spacial score (nSPS) is 12.9. The predicted molar refractivity (Wildman–Crippen MR) is 69.9 cm³/mol. The maximum Gasteiger partial charge on any atom is 0.0543 e. The molecule has 0 aromatic heterocycles. The quantitative estimate of drug-likeness (QED) is 0.770. The Morgan fingerprint density at radius 3 is 2.56 bits per heavy atom. The molecule has 0 bridgehead atoms. The Labute approximate surface area is 100 Å². The number of hydrogen-bond acceptors (Lipinski definition) is 3. The number of nitrogens with zero attached hydrogens (tertiary/aromatic N) is 1. The molecular formula is C12H20N2OS. The molecule has 0 aliphatic carbocycles. The minimum atomic E-state index is -0.939. The summed E-state index contributed by atoms with van der Waals surface area (Å²) in [7, 11) is -0.939. The molecule has 1 aromatic carbocycles. The fraction of sp³-hybridized carbons (Fsp3) is 0.500. The standard InChI is InChI=1S/C12H20N2OS/c1-3-14(4-2)8-9-16(15)12-7-5-6-11(13)10-12/h5-7,10H,3-4,8-9,13H2,1-2H3. The van der Waals surface area contributed by atoms with Crippen molar-refractivity contribution in [3.8, 4) is 0 Å². The molecule has 3 nitrogen and oxygen atoms in total. The van der Waals surface area contributed by atoms with Crippen LogP contribution in [-0.2, 0) is 10.8 Å². The van der Waals surface area contributed by atoms with Gasteiger partial charge < -0.3 is 10.6 Å². The van der Waals surface area contributed by atoms with Crippen LogP contribution >= 0.6 is 0 Å². The fourth-order valence-corrected chi connectivity index (χ4v) is 2.68. The molecule has 1 aromatic rings. The first-order valence-corrected chi connectivity index (χ1v) is 6.95. The molecule has 16 heavy (non-hydrogen) atoms. The first kappa shape index (κ1) is 13.2. The second kappa shape index (κ2) is 6.66. The first-order chi connectivity index (χ1) is 7.67. The third kappa shape index (κ3) is 3.94. The van der Waals surface area contributed by atoms with Crippen LogP contribution in [0.5, 0.6) is 0 Å². The summed E-state index contributed by atoms with van der Waals surface area (Å²) >= 11 is 0. The van der Waals surface area contributed by atoms with E-state index in [1.165, 1.54) is 0 Å². The molecule has 0 aliphatic rings. The summed E-state index contributed by atoms with van der Waals surface area (Å²) in [4.78, 5) is 3.09. The lowest BCUT2D eigenvalue weighted by Crippen LogP contribution is -2.27. The summed E-state index contributed by atoms with van der Waals surface area (Å²) in [5.74, 6) is 0.672. The molecule has 0 heterocycles. The van der Waals surface area contributed by atoms with Crippen LogP contribution in [0.3, 0.4) is 0 Å². The van der Waals surface area contributed by atoms with E-state index in [1.807, 2.05) is 18.2 Å². The summed E-state index contributed by atoms with van der Waals surface area (Å²) in [6.07, 6.45) is 0. The Balaban J connectivity index is 2.52. The maximum atomic E-state index is 12.0. The van der Waals surface area contributed by atoms with E-state index in [2.05, 4.69) is 18.7 Å². The lowest BCUT2D eigenvalue weighted by Gasteiger charge is -2.17. The molecule has 0 amide bonds. The molecule has 0 fully saturated rings. The minimum Gasteiger partial charge on any atom is -0.399 e. The number of nitrogen functional groups attached to an aromatic ring is 1. The van der Waals surface area contributed by atoms with E-state index >= 15 is 0 Å². The van der Waals surface area contributed by atoms with E-state index in [4.69, 9.17) is 5.73 Å². The number of nitrogens with two attached hydrogens (primary N) is 1. The van der Waals surface area contributed by atoms with Crippen LogP contribution < -0.4 is 5.73 Å². The third-order valence-electron chi connectivity index (χ3n) is 2.61. The lowest BCUT2D eigenvalue weighted by molar-refractivity contribution is 0.323. The van der Waals surface area contributed by atoms with Crippen LogP contribution in [0.15, 0.2) is 29.2 Å². The molecular weight excluding hydrogens is 220 g/mol.